The summed E-state index contributed by atoms with van der Waals surface area (Å²) in [6, 6.07) is 6.78. The Morgan fingerprint density at radius 2 is 1.90 bits per heavy atom. The summed E-state index contributed by atoms with van der Waals surface area (Å²) < 4.78 is 0. The Hall–Kier alpha value is -1.68. The van der Waals surface area contributed by atoms with E-state index in [1.54, 1.807) is 38.1 Å². The molecule has 0 heterocycles. The summed E-state index contributed by atoms with van der Waals surface area (Å²) in [7, 11) is 0. The molecule has 0 aliphatic heterocycles. The molecule has 0 aliphatic rings. The van der Waals surface area contributed by atoms with Crippen LogP contribution in [-0.2, 0) is 14.4 Å². The molecule has 20 heavy (non-hydrogen) atoms. The zero-order chi connectivity index (χ0) is 15.1. The van der Waals surface area contributed by atoms with Gasteiger partial charge in [-0.3, -0.25) is 14.4 Å². The molecular formula is C15H18ClNO3. The molecule has 0 spiro atoms. The number of nitrogens with one attached hydrogen (secondary N) is 1. The topological polar surface area (TPSA) is 63.2 Å². The summed E-state index contributed by atoms with van der Waals surface area (Å²) in [6.45, 7) is 3.50. The van der Waals surface area contributed by atoms with E-state index in [0.717, 1.165) is 0 Å². The molecule has 0 fully saturated rings. The van der Waals surface area contributed by atoms with Crippen LogP contribution in [0.2, 0.25) is 5.02 Å². The number of anilines is 1. The molecule has 0 saturated carbocycles. The number of carbonyl (C=O) groups is 3. The first kappa shape index (κ1) is 16.4. The first-order chi connectivity index (χ1) is 9.38. The third-order valence-electron chi connectivity index (χ3n) is 2.75. The van der Waals surface area contributed by atoms with Gasteiger partial charge in [0.05, 0.1) is 6.42 Å². The molecule has 0 unspecified atom stereocenters. The van der Waals surface area contributed by atoms with Crippen molar-refractivity contribution >= 4 is 34.8 Å². The Bertz CT molecular complexity index is 512. The molecule has 0 atom stereocenters. The minimum absolute atomic E-state index is 0.0662. The van der Waals surface area contributed by atoms with Gasteiger partial charge in [0.2, 0.25) is 5.91 Å². The maximum Gasteiger partial charge on any atom is 0.224 e. The smallest absolute Gasteiger partial charge is 0.224 e. The minimum atomic E-state index is -0.266. The summed E-state index contributed by atoms with van der Waals surface area (Å²) in [5, 5.41) is 3.18. The third kappa shape index (κ3) is 5.97. The predicted molar refractivity (Wildman–Crippen MR) is 78.8 cm³/mol. The Kier molecular flexibility index (Phi) is 6.39. The van der Waals surface area contributed by atoms with Crippen molar-refractivity contribution in [2.75, 3.05) is 5.32 Å². The van der Waals surface area contributed by atoms with Gasteiger partial charge in [-0.2, -0.15) is 0 Å². The number of carbonyl (C=O) groups excluding carboxylic acids is 3. The highest BCUT2D eigenvalue weighted by Gasteiger charge is 2.14. The van der Waals surface area contributed by atoms with Crippen molar-refractivity contribution in [3.05, 3.63) is 29.3 Å². The number of halogens is 1. The van der Waals surface area contributed by atoms with Crippen LogP contribution in [0, 0.1) is 5.92 Å². The van der Waals surface area contributed by atoms with E-state index in [4.69, 9.17) is 11.6 Å². The molecule has 0 aromatic heterocycles. The standard InChI is InChI=1S/C15H18ClNO3/c1-10(2)14(19)9-13(18)6-7-15(20)17-12-5-3-4-11(16)8-12/h3-5,8,10H,6-7,9H2,1-2H3,(H,17,20). The molecule has 0 radical (unpaired) electrons. The molecule has 0 bridgehead atoms. The SMILES string of the molecule is CC(C)C(=O)CC(=O)CCC(=O)Nc1cccc(Cl)c1. The van der Waals surface area contributed by atoms with E-state index < -0.39 is 0 Å². The highest BCUT2D eigenvalue weighted by atomic mass is 35.5. The largest absolute Gasteiger partial charge is 0.326 e. The lowest BCUT2D eigenvalue weighted by atomic mass is 10.0. The van der Waals surface area contributed by atoms with Crippen molar-refractivity contribution in [2.45, 2.75) is 33.1 Å². The number of amides is 1. The number of Topliss-reactive ketones (excluding diaryl/α,β-unsaturated/α-hetero) is 2. The van der Waals surface area contributed by atoms with Gasteiger partial charge in [-0.05, 0) is 18.2 Å². The predicted octanol–water partition coefficient (Wildman–Crippen LogP) is 3.24. The average molecular weight is 296 g/mol. The minimum Gasteiger partial charge on any atom is -0.326 e. The van der Waals surface area contributed by atoms with Crippen LogP contribution in [0.3, 0.4) is 0 Å². The van der Waals surface area contributed by atoms with Crippen LogP contribution < -0.4 is 5.32 Å². The Morgan fingerprint density at radius 3 is 2.50 bits per heavy atom. The number of hydrogen-bond acceptors (Lipinski definition) is 3. The second-order valence-electron chi connectivity index (χ2n) is 4.89. The lowest BCUT2D eigenvalue weighted by molar-refractivity contribution is -0.130. The Morgan fingerprint density at radius 1 is 1.20 bits per heavy atom. The summed E-state index contributed by atoms with van der Waals surface area (Å²) in [5.41, 5.74) is 0.591. The summed E-state index contributed by atoms with van der Waals surface area (Å²) in [5.74, 6) is -0.716. The van der Waals surface area contributed by atoms with Crippen LogP contribution in [0.1, 0.15) is 33.1 Å². The first-order valence-corrected chi connectivity index (χ1v) is 6.86. The fourth-order valence-corrected chi connectivity index (χ4v) is 1.72. The van der Waals surface area contributed by atoms with Gasteiger partial charge in [0.1, 0.15) is 11.6 Å². The van der Waals surface area contributed by atoms with Crippen molar-refractivity contribution in [3.8, 4) is 0 Å². The lowest BCUT2D eigenvalue weighted by Gasteiger charge is -2.06. The second kappa shape index (κ2) is 7.80. The molecule has 4 nitrogen and oxygen atoms in total. The molecule has 0 saturated heterocycles. The monoisotopic (exact) mass is 295 g/mol. The van der Waals surface area contributed by atoms with Crippen molar-refractivity contribution in [3.63, 3.8) is 0 Å². The highest BCUT2D eigenvalue weighted by Crippen LogP contribution is 2.15. The van der Waals surface area contributed by atoms with Gasteiger partial charge < -0.3 is 5.32 Å². The van der Waals surface area contributed by atoms with Crippen molar-refractivity contribution in [1.29, 1.82) is 0 Å². The normalized spacial score (nSPS) is 10.4. The second-order valence-corrected chi connectivity index (χ2v) is 5.33. The van der Waals surface area contributed by atoms with Crippen LogP contribution in [0.15, 0.2) is 24.3 Å². The van der Waals surface area contributed by atoms with Crippen molar-refractivity contribution in [1.82, 2.24) is 0 Å². The Labute approximate surface area is 123 Å². The summed E-state index contributed by atoms with van der Waals surface area (Å²) in [4.78, 5) is 34.6. The molecule has 5 heteroatoms. The van der Waals surface area contributed by atoms with E-state index in [1.807, 2.05) is 0 Å². The molecule has 1 rings (SSSR count). The van der Waals surface area contributed by atoms with Gasteiger partial charge in [0, 0.05) is 29.5 Å². The van der Waals surface area contributed by atoms with E-state index in [0.29, 0.717) is 10.7 Å². The zero-order valence-corrected chi connectivity index (χ0v) is 12.4. The van der Waals surface area contributed by atoms with Crippen LogP contribution >= 0.6 is 11.6 Å². The molecule has 108 valence electrons. The fraction of sp³-hybridized carbons (Fsp3) is 0.400. The zero-order valence-electron chi connectivity index (χ0n) is 11.6. The summed E-state index contributed by atoms with van der Waals surface area (Å²) >= 11 is 5.80. The highest BCUT2D eigenvalue weighted by molar-refractivity contribution is 6.30. The fourth-order valence-electron chi connectivity index (χ4n) is 1.53. The first-order valence-electron chi connectivity index (χ1n) is 6.48. The third-order valence-corrected chi connectivity index (χ3v) is 2.99. The van der Waals surface area contributed by atoms with E-state index in [2.05, 4.69) is 5.32 Å². The van der Waals surface area contributed by atoms with Gasteiger partial charge in [-0.25, -0.2) is 0 Å². The maximum absolute atomic E-state index is 11.7. The van der Waals surface area contributed by atoms with Crippen LogP contribution in [0.5, 0.6) is 0 Å². The van der Waals surface area contributed by atoms with Gasteiger partial charge >= 0.3 is 0 Å². The molecule has 1 aromatic rings. The van der Waals surface area contributed by atoms with Crippen molar-refractivity contribution in [2.24, 2.45) is 5.92 Å². The molecule has 1 N–H and O–H groups in total. The van der Waals surface area contributed by atoms with E-state index >= 15 is 0 Å². The number of rotatable bonds is 7. The molecule has 1 aromatic carbocycles. The molecule has 1 amide bonds. The van der Waals surface area contributed by atoms with Crippen LogP contribution in [-0.4, -0.2) is 17.5 Å². The van der Waals surface area contributed by atoms with E-state index in [-0.39, 0.29) is 42.7 Å². The van der Waals surface area contributed by atoms with Crippen LogP contribution in [0.25, 0.3) is 0 Å². The lowest BCUT2D eigenvalue weighted by Crippen LogP contribution is -2.16. The number of hydrogen-bond donors (Lipinski definition) is 1. The Balaban J connectivity index is 2.36. The number of benzene rings is 1. The van der Waals surface area contributed by atoms with Crippen LogP contribution in [0.4, 0.5) is 5.69 Å². The molecule has 0 aliphatic carbocycles. The maximum atomic E-state index is 11.7. The van der Waals surface area contributed by atoms with Gasteiger partial charge in [-0.15, -0.1) is 0 Å². The van der Waals surface area contributed by atoms with Crippen molar-refractivity contribution < 1.29 is 14.4 Å². The summed E-state index contributed by atoms with van der Waals surface area (Å²) in [6.07, 6.45) is 0.0453. The van der Waals surface area contributed by atoms with E-state index in [1.165, 1.54) is 0 Å². The number of ketones is 2. The average Bonchev–Trinajstić information content (AvgIpc) is 2.36. The van der Waals surface area contributed by atoms with E-state index in [9.17, 15) is 14.4 Å². The quantitative estimate of drug-likeness (QED) is 0.785. The molecular weight excluding hydrogens is 278 g/mol. The van der Waals surface area contributed by atoms with Gasteiger partial charge in [-0.1, -0.05) is 31.5 Å². The van der Waals surface area contributed by atoms with Gasteiger partial charge in [0.25, 0.3) is 0 Å². The van der Waals surface area contributed by atoms with Gasteiger partial charge in [0.15, 0.2) is 0 Å².